The van der Waals surface area contributed by atoms with Gasteiger partial charge in [0.1, 0.15) is 0 Å². The monoisotopic (exact) mass is 549 g/mol. The average Bonchev–Trinajstić information content (AvgIpc) is 2.99. The van der Waals surface area contributed by atoms with Crippen LogP contribution in [0.2, 0.25) is 0 Å². The Morgan fingerprint density at radius 2 is 1.27 bits per heavy atom. The van der Waals surface area contributed by atoms with E-state index in [2.05, 4.69) is 0 Å². The molecule has 0 unspecified atom stereocenters. The van der Waals surface area contributed by atoms with Crippen LogP contribution in [0.5, 0.6) is 40.2 Å². The van der Waals surface area contributed by atoms with E-state index in [9.17, 15) is 4.79 Å². The van der Waals surface area contributed by atoms with E-state index in [4.69, 9.17) is 33.2 Å². The van der Waals surface area contributed by atoms with Gasteiger partial charge in [0.25, 0.3) is 0 Å². The van der Waals surface area contributed by atoms with E-state index in [1.54, 1.807) is 66.8 Å². The van der Waals surface area contributed by atoms with Gasteiger partial charge in [-0.15, -0.1) is 0 Å². The summed E-state index contributed by atoms with van der Waals surface area (Å²) in [4.78, 5) is 15.7. The molecule has 212 valence electrons. The molecule has 1 aliphatic rings. The SMILES string of the molecule is COc1ccc(/C=C2/c3cc(OC)c(OC)cc3CCN2C(=O)Cc2cc(OC)c(OC)c(OC)c2)cc1OC. The lowest BCUT2D eigenvalue weighted by atomic mass is 9.93. The first kappa shape index (κ1) is 28.5. The predicted molar refractivity (Wildman–Crippen MR) is 152 cm³/mol. The zero-order valence-electron chi connectivity index (χ0n) is 24.0. The summed E-state index contributed by atoms with van der Waals surface area (Å²) in [5, 5.41) is 0. The minimum Gasteiger partial charge on any atom is -0.493 e. The molecule has 1 heterocycles. The van der Waals surface area contributed by atoms with Crippen molar-refractivity contribution in [3.8, 4) is 40.2 Å². The summed E-state index contributed by atoms with van der Waals surface area (Å²) in [6.45, 7) is 0.491. The molecule has 0 N–H and O–H groups in total. The number of carbonyl (C=O) groups is 1. The molecule has 4 rings (SSSR count). The van der Waals surface area contributed by atoms with Gasteiger partial charge in [-0.25, -0.2) is 0 Å². The number of fused-ring (bicyclic) bond motifs is 1. The molecule has 9 heteroatoms. The molecule has 0 spiro atoms. The van der Waals surface area contributed by atoms with Crippen LogP contribution in [0.3, 0.4) is 0 Å². The van der Waals surface area contributed by atoms with Crippen molar-refractivity contribution < 1.29 is 38.0 Å². The molecular weight excluding hydrogens is 514 g/mol. The van der Waals surface area contributed by atoms with E-state index < -0.39 is 0 Å². The highest BCUT2D eigenvalue weighted by Crippen LogP contribution is 2.41. The first-order valence-electron chi connectivity index (χ1n) is 12.7. The average molecular weight is 550 g/mol. The summed E-state index contributed by atoms with van der Waals surface area (Å²) >= 11 is 0. The number of hydrogen-bond donors (Lipinski definition) is 0. The summed E-state index contributed by atoms with van der Waals surface area (Å²) in [6, 6.07) is 13.1. The van der Waals surface area contributed by atoms with E-state index in [1.807, 2.05) is 36.4 Å². The smallest absolute Gasteiger partial charge is 0.231 e. The van der Waals surface area contributed by atoms with Crippen LogP contribution in [0.25, 0.3) is 11.8 Å². The van der Waals surface area contributed by atoms with Crippen LogP contribution in [-0.4, -0.2) is 67.1 Å². The lowest BCUT2D eigenvalue weighted by molar-refractivity contribution is -0.127. The molecule has 0 atom stereocenters. The molecule has 1 amide bonds. The Balaban J connectivity index is 1.80. The maximum Gasteiger partial charge on any atom is 0.231 e. The van der Waals surface area contributed by atoms with Gasteiger partial charge >= 0.3 is 0 Å². The van der Waals surface area contributed by atoms with Gasteiger partial charge in [0.2, 0.25) is 11.7 Å². The number of ether oxygens (including phenoxy) is 7. The Hall–Kier alpha value is -4.53. The van der Waals surface area contributed by atoms with E-state index >= 15 is 0 Å². The Morgan fingerprint density at radius 3 is 1.85 bits per heavy atom. The molecule has 0 radical (unpaired) electrons. The zero-order valence-corrected chi connectivity index (χ0v) is 24.0. The third-order valence-electron chi connectivity index (χ3n) is 6.87. The lowest BCUT2D eigenvalue weighted by Crippen LogP contribution is -2.36. The van der Waals surface area contributed by atoms with Crippen molar-refractivity contribution >= 4 is 17.7 Å². The van der Waals surface area contributed by atoms with E-state index in [1.165, 1.54) is 0 Å². The number of rotatable bonds is 10. The summed E-state index contributed by atoms with van der Waals surface area (Å²) in [5.41, 5.74) is 4.27. The molecular formula is C31H35NO8. The van der Waals surface area contributed by atoms with Gasteiger partial charge in [0.15, 0.2) is 34.5 Å². The van der Waals surface area contributed by atoms with Crippen molar-refractivity contribution in [2.75, 3.05) is 56.3 Å². The molecule has 40 heavy (non-hydrogen) atoms. The Morgan fingerprint density at radius 1 is 0.700 bits per heavy atom. The van der Waals surface area contributed by atoms with Crippen LogP contribution in [-0.2, 0) is 17.6 Å². The molecule has 0 aromatic heterocycles. The van der Waals surface area contributed by atoms with Gasteiger partial charge < -0.3 is 38.1 Å². The van der Waals surface area contributed by atoms with Crippen molar-refractivity contribution in [2.24, 2.45) is 0 Å². The van der Waals surface area contributed by atoms with Crippen molar-refractivity contribution in [1.29, 1.82) is 0 Å². The summed E-state index contributed by atoms with van der Waals surface area (Å²) < 4.78 is 38.5. The number of benzene rings is 3. The van der Waals surface area contributed by atoms with Crippen molar-refractivity contribution in [3.05, 3.63) is 64.7 Å². The van der Waals surface area contributed by atoms with Crippen molar-refractivity contribution in [2.45, 2.75) is 12.8 Å². The van der Waals surface area contributed by atoms with E-state index in [-0.39, 0.29) is 12.3 Å². The molecule has 9 nitrogen and oxygen atoms in total. The molecule has 1 aliphatic heterocycles. The highest BCUT2D eigenvalue weighted by Gasteiger charge is 2.28. The van der Waals surface area contributed by atoms with Crippen molar-refractivity contribution in [1.82, 2.24) is 4.90 Å². The summed E-state index contributed by atoms with van der Waals surface area (Å²) in [5.74, 6) is 3.82. The predicted octanol–water partition coefficient (Wildman–Crippen LogP) is 4.87. The van der Waals surface area contributed by atoms with Crippen LogP contribution in [0, 0.1) is 0 Å². The molecule has 3 aromatic rings. The maximum absolute atomic E-state index is 13.9. The van der Waals surface area contributed by atoms with Crippen LogP contribution >= 0.6 is 0 Å². The number of carbonyl (C=O) groups excluding carboxylic acids is 1. The largest absolute Gasteiger partial charge is 0.493 e. The molecule has 0 saturated heterocycles. The van der Waals surface area contributed by atoms with Crippen LogP contribution in [0.1, 0.15) is 22.3 Å². The normalized spacial score (nSPS) is 13.4. The first-order chi connectivity index (χ1) is 19.4. The summed E-state index contributed by atoms with van der Waals surface area (Å²) in [6.07, 6.45) is 2.75. The second kappa shape index (κ2) is 12.5. The fourth-order valence-corrected chi connectivity index (χ4v) is 4.89. The number of hydrogen-bond acceptors (Lipinski definition) is 8. The highest BCUT2D eigenvalue weighted by molar-refractivity contribution is 5.95. The van der Waals surface area contributed by atoms with Gasteiger partial charge in [-0.1, -0.05) is 6.07 Å². The molecule has 0 bridgehead atoms. The number of nitrogens with zero attached hydrogens (tertiary/aromatic N) is 1. The molecule has 0 aliphatic carbocycles. The van der Waals surface area contributed by atoms with Crippen LogP contribution in [0.15, 0.2) is 42.5 Å². The third-order valence-corrected chi connectivity index (χ3v) is 6.87. The molecule has 3 aromatic carbocycles. The van der Waals surface area contributed by atoms with Gasteiger partial charge in [0.05, 0.1) is 61.9 Å². The first-order valence-corrected chi connectivity index (χ1v) is 12.7. The highest BCUT2D eigenvalue weighted by atomic mass is 16.5. The standard InChI is InChI=1S/C31H35NO8/c1-34-24-9-8-19(13-25(24)35-2)12-23-22-18-27(37-4)26(36-3)17-21(22)10-11-32(23)30(33)16-20-14-28(38-5)31(40-7)29(15-20)39-6/h8-9,12-15,17-18H,10-11,16H2,1-7H3/b23-12-. The van der Waals surface area contributed by atoms with Crippen molar-refractivity contribution in [3.63, 3.8) is 0 Å². The number of amides is 1. The van der Waals surface area contributed by atoms with Gasteiger partial charge in [0, 0.05) is 12.1 Å². The Kier molecular flexibility index (Phi) is 8.93. The third kappa shape index (κ3) is 5.59. The van der Waals surface area contributed by atoms with Gasteiger partial charge in [-0.3, -0.25) is 4.79 Å². The Bertz CT molecular complexity index is 1390. The fourth-order valence-electron chi connectivity index (χ4n) is 4.89. The minimum absolute atomic E-state index is 0.0820. The molecule has 0 fully saturated rings. The zero-order chi connectivity index (χ0) is 28.8. The topological polar surface area (TPSA) is 84.9 Å². The maximum atomic E-state index is 13.9. The second-order valence-electron chi connectivity index (χ2n) is 9.01. The summed E-state index contributed by atoms with van der Waals surface area (Å²) in [7, 11) is 11.0. The van der Waals surface area contributed by atoms with E-state index in [0.717, 1.165) is 28.0 Å². The second-order valence-corrected chi connectivity index (χ2v) is 9.01. The fraction of sp³-hybridized carbons (Fsp3) is 0.323. The van der Waals surface area contributed by atoms with Crippen LogP contribution in [0.4, 0.5) is 0 Å². The quantitative estimate of drug-likeness (QED) is 0.354. The van der Waals surface area contributed by atoms with Gasteiger partial charge in [-0.05, 0) is 65.6 Å². The van der Waals surface area contributed by atoms with E-state index in [0.29, 0.717) is 53.2 Å². The van der Waals surface area contributed by atoms with Gasteiger partial charge in [-0.2, -0.15) is 0 Å². The minimum atomic E-state index is -0.0820. The van der Waals surface area contributed by atoms with Crippen LogP contribution < -0.4 is 33.2 Å². The lowest BCUT2D eigenvalue weighted by Gasteiger charge is -2.33. The number of methoxy groups -OCH3 is 7. The molecule has 0 saturated carbocycles. The Labute approximate surface area is 234 Å².